The standard InChI is InChI=1S/C10H10ClNO/c11-8-4-5-9-7(6-8)2-1-3-10(13)12-9/h4-6H,1-3H2,(H,12,13). The maximum absolute atomic E-state index is 11.2. The number of halogens is 1. The Hall–Kier alpha value is -1.02. The van der Waals surface area contributed by atoms with E-state index < -0.39 is 0 Å². The zero-order valence-electron chi connectivity index (χ0n) is 7.14. The van der Waals surface area contributed by atoms with Gasteiger partial charge in [0.25, 0.3) is 0 Å². The molecule has 2 rings (SSSR count). The molecular weight excluding hydrogens is 186 g/mol. The molecule has 1 aromatic rings. The van der Waals surface area contributed by atoms with Gasteiger partial charge in [0.05, 0.1) is 0 Å². The van der Waals surface area contributed by atoms with Crippen molar-refractivity contribution in [2.24, 2.45) is 0 Å². The van der Waals surface area contributed by atoms with Gasteiger partial charge in [-0.1, -0.05) is 11.6 Å². The lowest BCUT2D eigenvalue weighted by Crippen LogP contribution is -2.08. The highest BCUT2D eigenvalue weighted by Crippen LogP contribution is 2.24. The molecule has 1 amide bonds. The van der Waals surface area contributed by atoms with Crippen LogP contribution >= 0.6 is 11.6 Å². The Morgan fingerprint density at radius 1 is 1.31 bits per heavy atom. The molecule has 13 heavy (non-hydrogen) atoms. The maximum Gasteiger partial charge on any atom is 0.224 e. The third kappa shape index (κ3) is 1.83. The predicted octanol–water partition coefficient (Wildman–Crippen LogP) is 2.61. The molecule has 1 N–H and O–H groups in total. The van der Waals surface area contributed by atoms with E-state index in [1.807, 2.05) is 12.1 Å². The highest BCUT2D eigenvalue weighted by Gasteiger charge is 2.12. The van der Waals surface area contributed by atoms with E-state index in [1.54, 1.807) is 6.07 Å². The fraction of sp³-hybridized carbons (Fsp3) is 0.300. The second-order valence-corrected chi connectivity index (χ2v) is 3.64. The first-order valence-electron chi connectivity index (χ1n) is 4.34. The van der Waals surface area contributed by atoms with Gasteiger partial charge in [0.1, 0.15) is 0 Å². The van der Waals surface area contributed by atoms with Crippen LogP contribution in [0.25, 0.3) is 0 Å². The van der Waals surface area contributed by atoms with Gasteiger partial charge in [-0.25, -0.2) is 0 Å². The van der Waals surface area contributed by atoms with Crippen LogP contribution in [0, 0.1) is 0 Å². The van der Waals surface area contributed by atoms with Gasteiger partial charge < -0.3 is 5.32 Å². The summed E-state index contributed by atoms with van der Waals surface area (Å²) in [5.41, 5.74) is 2.05. The molecule has 0 saturated carbocycles. The number of anilines is 1. The molecule has 1 heterocycles. The zero-order valence-corrected chi connectivity index (χ0v) is 7.90. The van der Waals surface area contributed by atoms with E-state index in [0.29, 0.717) is 6.42 Å². The molecule has 1 aromatic carbocycles. The summed E-state index contributed by atoms with van der Waals surface area (Å²) >= 11 is 5.85. The van der Waals surface area contributed by atoms with Crippen LogP contribution in [0.1, 0.15) is 18.4 Å². The van der Waals surface area contributed by atoms with Crippen molar-refractivity contribution < 1.29 is 4.79 Å². The molecule has 0 atom stereocenters. The van der Waals surface area contributed by atoms with Gasteiger partial charge >= 0.3 is 0 Å². The number of hydrogen-bond donors (Lipinski definition) is 1. The van der Waals surface area contributed by atoms with E-state index >= 15 is 0 Å². The van der Waals surface area contributed by atoms with Gasteiger partial charge in [0.2, 0.25) is 5.91 Å². The van der Waals surface area contributed by atoms with E-state index in [1.165, 1.54) is 0 Å². The monoisotopic (exact) mass is 195 g/mol. The second kappa shape index (κ2) is 3.38. The summed E-state index contributed by atoms with van der Waals surface area (Å²) in [5, 5.41) is 3.58. The van der Waals surface area contributed by atoms with Crippen molar-refractivity contribution in [2.75, 3.05) is 5.32 Å². The van der Waals surface area contributed by atoms with Crippen LogP contribution < -0.4 is 5.32 Å². The third-order valence-electron chi connectivity index (χ3n) is 2.19. The van der Waals surface area contributed by atoms with Gasteiger partial charge in [-0.3, -0.25) is 4.79 Å². The highest BCUT2D eigenvalue weighted by atomic mass is 35.5. The molecule has 0 fully saturated rings. The summed E-state index contributed by atoms with van der Waals surface area (Å²) in [6.07, 6.45) is 2.43. The highest BCUT2D eigenvalue weighted by molar-refractivity contribution is 6.30. The van der Waals surface area contributed by atoms with Gasteiger partial charge in [-0.15, -0.1) is 0 Å². The number of aryl methyl sites for hydroxylation is 1. The Kier molecular flexibility index (Phi) is 2.23. The minimum atomic E-state index is 0.0982. The van der Waals surface area contributed by atoms with Crippen LogP contribution in [0.3, 0.4) is 0 Å². The average Bonchev–Trinajstić information content (AvgIpc) is 2.25. The zero-order chi connectivity index (χ0) is 9.26. The number of benzene rings is 1. The third-order valence-corrected chi connectivity index (χ3v) is 2.43. The Morgan fingerprint density at radius 3 is 3.00 bits per heavy atom. The quantitative estimate of drug-likeness (QED) is 0.678. The maximum atomic E-state index is 11.2. The lowest BCUT2D eigenvalue weighted by molar-refractivity contribution is -0.116. The van der Waals surface area contributed by atoms with E-state index in [-0.39, 0.29) is 5.91 Å². The van der Waals surface area contributed by atoms with Gasteiger partial charge in [-0.05, 0) is 36.6 Å². The van der Waals surface area contributed by atoms with Crippen LogP contribution in [-0.2, 0) is 11.2 Å². The molecule has 1 aliphatic rings. The first kappa shape index (κ1) is 8.57. The molecule has 0 aromatic heterocycles. The van der Waals surface area contributed by atoms with Crippen LogP contribution in [0.4, 0.5) is 5.69 Å². The Labute approximate surface area is 81.9 Å². The molecule has 0 radical (unpaired) electrons. The molecule has 0 saturated heterocycles. The average molecular weight is 196 g/mol. The largest absolute Gasteiger partial charge is 0.326 e. The fourth-order valence-electron chi connectivity index (χ4n) is 1.54. The summed E-state index contributed by atoms with van der Waals surface area (Å²) in [7, 11) is 0. The van der Waals surface area contributed by atoms with Gasteiger partial charge in [-0.2, -0.15) is 0 Å². The number of fused-ring (bicyclic) bond motifs is 1. The van der Waals surface area contributed by atoms with E-state index in [2.05, 4.69) is 5.32 Å². The molecule has 0 bridgehead atoms. The SMILES string of the molecule is O=C1CCCc2cc(Cl)ccc2N1. The molecule has 2 nitrogen and oxygen atoms in total. The smallest absolute Gasteiger partial charge is 0.224 e. The van der Waals surface area contributed by atoms with Gasteiger partial charge in [0.15, 0.2) is 0 Å². The van der Waals surface area contributed by atoms with E-state index in [0.717, 1.165) is 29.1 Å². The minimum Gasteiger partial charge on any atom is -0.326 e. The van der Waals surface area contributed by atoms with Crippen LogP contribution in [-0.4, -0.2) is 5.91 Å². The Bertz CT molecular complexity index is 349. The van der Waals surface area contributed by atoms with Crippen molar-refractivity contribution in [3.8, 4) is 0 Å². The Balaban J connectivity index is 2.40. The molecule has 68 valence electrons. The molecular formula is C10H10ClNO. The van der Waals surface area contributed by atoms with Crippen molar-refractivity contribution in [3.63, 3.8) is 0 Å². The topological polar surface area (TPSA) is 29.1 Å². The van der Waals surface area contributed by atoms with Crippen molar-refractivity contribution in [3.05, 3.63) is 28.8 Å². The van der Waals surface area contributed by atoms with Gasteiger partial charge in [0, 0.05) is 17.1 Å². The number of nitrogens with one attached hydrogen (secondary N) is 1. The second-order valence-electron chi connectivity index (χ2n) is 3.20. The summed E-state index contributed by atoms with van der Waals surface area (Å²) in [4.78, 5) is 11.2. The normalized spacial score (nSPS) is 15.9. The van der Waals surface area contributed by atoms with Crippen LogP contribution in [0.15, 0.2) is 18.2 Å². The first-order valence-corrected chi connectivity index (χ1v) is 4.72. The lowest BCUT2D eigenvalue weighted by atomic mass is 10.1. The summed E-state index contributed by atoms with van der Waals surface area (Å²) in [5.74, 6) is 0.0982. The first-order chi connectivity index (χ1) is 6.25. The molecule has 1 aliphatic heterocycles. The number of rotatable bonds is 0. The summed E-state index contributed by atoms with van der Waals surface area (Å²) in [6.45, 7) is 0. The fourth-order valence-corrected chi connectivity index (χ4v) is 1.74. The minimum absolute atomic E-state index is 0.0982. The molecule has 0 unspecified atom stereocenters. The molecule has 0 aliphatic carbocycles. The number of amides is 1. The van der Waals surface area contributed by atoms with Crippen LogP contribution in [0.5, 0.6) is 0 Å². The number of carbonyl (C=O) groups excluding carboxylic acids is 1. The Morgan fingerprint density at radius 2 is 2.15 bits per heavy atom. The van der Waals surface area contributed by atoms with Crippen molar-refractivity contribution in [2.45, 2.75) is 19.3 Å². The number of carbonyl (C=O) groups is 1. The van der Waals surface area contributed by atoms with E-state index in [4.69, 9.17) is 11.6 Å². The summed E-state index contributed by atoms with van der Waals surface area (Å²) in [6, 6.07) is 5.58. The summed E-state index contributed by atoms with van der Waals surface area (Å²) < 4.78 is 0. The van der Waals surface area contributed by atoms with Crippen molar-refractivity contribution in [1.29, 1.82) is 0 Å². The van der Waals surface area contributed by atoms with Crippen molar-refractivity contribution in [1.82, 2.24) is 0 Å². The molecule has 0 spiro atoms. The molecule has 3 heteroatoms. The lowest BCUT2D eigenvalue weighted by Gasteiger charge is -2.05. The van der Waals surface area contributed by atoms with Crippen molar-refractivity contribution >= 4 is 23.2 Å². The predicted molar refractivity (Wildman–Crippen MR) is 53.0 cm³/mol. The van der Waals surface area contributed by atoms with E-state index in [9.17, 15) is 4.79 Å². The number of hydrogen-bond acceptors (Lipinski definition) is 1. The van der Waals surface area contributed by atoms with Crippen LogP contribution in [0.2, 0.25) is 5.02 Å².